The van der Waals surface area contributed by atoms with Gasteiger partial charge in [0.2, 0.25) is 0 Å². The summed E-state index contributed by atoms with van der Waals surface area (Å²) in [5.41, 5.74) is 2.36. The minimum Gasteiger partial charge on any atom is -0.497 e. The first kappa shape index (κ1) is 17.7. The van der Waals surface area contributed by atoms with Gasteiger partial charge in [-0.05, 0) is 42.0 Å². The SMILES string of the molecule is COc1cccc(COc2c(OC)ccc3ccc(-c4ncccn4)nc23)c1. The van der Waals surface area contributed by atoms with E-state index in [9.17, 15) is 0 Å². The molecule has 2 heterocycles. The molecule has 6 nitrogen and oxygen atoms in total. The highest BCUT2D eigenvalue weighted by atomic mass is 16.5. The van der Waals surface area contributed by atoms with Gasteiger partial charge >= 0.3 is 0 Å². The van der Waals surface area contributed by atoms with E-state index < -0.39 is 0 Å². The molecule has 0 N–H and O–H groups in total. The van der Waals surface area contributed by atoms with E-state index in [-0.39, 0.29) is 0 Å². The van der Waals surface area contributed by atoms with E-state index in [2.05, 4.69) is 9.97 Å². The molecule has 6 heteroatoms. The molecule has 2 aromatic carbocycles. The zero-order valence-electron chi connectivity index (χ0n) is 15.6. The fraction of sp³-hybridized carbons (Fsp3) is 0.136. The summed E-state index contributed by atoms with van der Waals surface area (Å²) in [5.74, 6) is 2.55. The van der Waals surface area contributed by atoms with Crippen molar-refractivity contribution in [1.29, 1.82) is 0 Å². The van der Waals surface area contributed by atoms with Gasteiger partial charge in [0.15, 0.2) is 17.3 Å². The Morgan fingerprint density at radius 3 is 2.46 bits per heavy atom. The van der Waals surface area contributed by atoms with Crippen molar-refractivity contribution in [2.24, 2.45) is 0 Å². The molecule has 0 bridgehead atoms. The normalized spacial score (nSPS) is 10.6. The number of nitrogens with zero attached hydrogens (tertiary/aromatic N) is 3. The van der Waals surface area contributed by atoms with E-state index in [1.54, 1.807) is 32.7 Å². The summed E-state index contributed by atoms with van der Waals surface area (Å²) < 4.78 is 16.9. The van der Waals surface area contributed by atoms with Gasteiger partial charge in [-0.15, -0.1) is 0 Å². The first-order valence-corrected chi connectivity index (χ1v) is 8.79. The average Bonchev–Trinajstić information content (AvgIpc) is 2.77. The fourth-order valence-electron chi connectivity index (χ4n) is 2.92. The van der Waals surface area contributed by atoms with Gasteiger partial charge in [0, 0.05) is 17.8 Å². The van der Waals surface area contributed by atoms with E-state index in [1.807, 2.05) is 48.5 Å². The summed E-state index contributed by atoms with van der Waals surface area (Å²) in [4.78, 5) is 13.3. The standard InChI is InChI=1S/C22H19N3O3/c1-26-17-6-3-5-15(13-17)14-28-21-19(27-2)10-8-16-7-9-18(25-20(16)21)22-23-11-4-12-24-22/h3-13H,14H2,1-2H3. The van der Waals surface area contributed by atoms with Crippen LogP contribution in [0.5, 0.6) is 17.2 Å². The van der Waals surface area contributed by atoms with E-state index >= 15 is 0 Å². The number of methoxy groups -OCH3 is 2. The Kier molecular flexibility index (Phi) is 5.01. The predicted octanol–water partition coefficient (Wildman–Crippen LogP) is 4.29. The number of hydrogen-bond donors (Lipinski definition) is 0. The highest BCUT2D eigenvalue weighted by Gasteiger charge is 2.14. The Hall–Kier alpha value is -3.67. The van der Waals surface area contributed by atoms with Gasteiger partial charge in [0.05, 0.1) is 14.2 Å². The number of benzene rings is 2. The van der Waals surface area contributed by atoms with Crippen LogP contribution in [0.4, 0.5) is 0 Å². The number of ether oxygens (including phenoxy) is 3. The van der Waals surface area contributed by atoms with E-state index in [4.69, 9.17) is 19.2 Å². The molecule has 2 aromatic heterocycles. The first-order chi connectivity index (χ1) is 13.8. The highest BCUT2D eigenvalue weighted by Crippen LogP contribution is 2.36. The Balaban J connectivity index is 1.74. The Morgan fingerprint density at radius 1 is 0.857 bits per heavy atom. The Morgan fingerprint density at radius 2 is 1.68 bits per heavy atom. The van der Waals surface area contributed by atoms with Crippen LogP contribution in [0.25, 0.3) is 22.4 Å². The molecule has 0 saturated carbocycles. The summed E-state index contributed by atoms with van der Waals surface area (Å²) in [7, 11) is 3.26. The molecule has 0 aliphatic rings. The molecule has 4 aromatic rings. The third kappa shape index (κ3) is 3.57. The van der Waals surface area contributed by atoms with Gasteiger partial charge in [0.25, 0.3) is 0 Å². The van der Waals surface area contributed by atoms with Crippen LogP contribution in [-0.4, -0.2) is 29.2 Å². The lowest BCUT2D eigenvalue weighted by Crippen LogP contribution is -2.00. The predicted molar refractivity (Wildman–Crippen MR) is 107 cm³/mol. The van der Waals surface area contributed by atoms with Crippen LogP contribution in [0.3, 0.4) is 0 Å². The topological polar surface area (TPSA) is 66.4 Å². The highest BCUT2D eigenvalue weighted by molar-refractivity contribution is 5.88. The van der Waals surface area contributed by atoms with Crippen LogP contribution in [0.2, 0.25) is 0 Å². The van der Waals surface area contributed by atoms with Gasteiger partial charge in [0.1, 0.15) is 23.6 Å². The van der Waals surface area contributed by atoms with Crippen molar-refractivity contribution in [2.45, 2.75) is 6.61 Å². The maximum Gasteiger partial charge on any atom is 0.187 e. The second kappa shape index (κ2) is 7.92. The van der Waals surface area contributed by atoms with Crippen molar-refractivity contribution < 1.29 is 14.2 Å². The third-order valence-electron chi connectivity index (χ3n) is 4.31. The molecule has 28 heavy (non-hydrogen) atoms. The summed E-state index contributed by atoms with van der Waals surface area (Å²) in [6, 6.07) is 17.2. The molecule has 0 aliphatic carbocycles. The maximum absolute atomic E-state index is 6.13. The monoisotopic (exact) mass is 373 g/mol. The smallest absolute Gasteiger partial charge is 0.187 e. The molecule has 0 radical (unpaired) electrons. The summed E-state index contributed by atoms with van der Waals surface area (Å²) in [6.45, 7) is 0.362. The molecular formula is C22H19N3O3. The zero-order chi connectivity index (χ0) is 19.3. The van der Waals surface area contributed by atoms with Crippen molar-refractivity contribution in [3.05, 3.63) is 72.6 Å². The first-order valence-electron chi connectivity index (χ1n) is 8.79. The number of pyridine rings is 1. The molecular weight excluding hydrogens is 354 g/mol. The summed E-state index contributed by atoms with van der Waals surface area (Å²) >= 11 is 0. The minimum atomic E-state index is 0.362. The van der Waals surface area contributed by atoms with Gasteiger partial charge < -0.3 is 14.2 Å². The fourth-order valence-corrected chi connectivity index (χ4v) is 2.92. The second-order valence-electron chi connectivity index (χ2n) is 6.08. The molecule has 0 spiro atoms. The Labute approximate surface area is 162 Å². The molecule has 0 aliphatic heterocycles. The Bertz CT molecular complexity index is 1100. The lowest BCUT2D eigenvalue weighted by Gasteiger charge is -2.14. The molecule has 0 fully saturated rings. The molecule has 0 amide bonds. The average molecular weight is 373 g/mol. The third-order valence-corrected chi connectivity index (χ3v) is 4.31. The zero-order valence-corrected chi connectivity index (χ0v) is 15.6. The summed E-state index contributed by atoms with van der Waals surface area (Å²) in [6.07, 6.45) is 3.39. The van der Waals surface area contributed by atoms with Gasteiger partial charge in [-0.2, -0.15) is 0 Å². The van der Waals surface area contributed by atoms with Crippen molar-refractivity contribution in [1.82, 2.24) is 15.0 Å². The van der Waals surface area contributed by atoms with Gasteiger partial charge in [-0.1, -0.05) is 18.2 Å². The lowest BCUT2D eigenvalue weighted by atomic mass is 10.1. The van der Waals surface area contributed by atoms with Crippen LogP contribution < -0.4 is 14.2 Å². The van der Waals surface area contributed by atoms with Crippen molar-refractivity contribution in [2.75, 3.05) is 14.2 Å². The van der Waals surface area contributed by atoms with Crippen LogP contribution in [0.1, 0.15) is 5.56 Å². The van der Waals surface area contributed by atoms with E-state index in [0.717, 1.165) is 16.7 Å². The number of aromatic nitrogens is 3. The molecule has 0 saturated heterocycles. The second-order valence-corrected chi connectivity index (χ2v) is 6.08. The van der Waals surface area contributed by atoms with E-state index in [1.165, 1.54) is 0 Å². The summed E-state index contributed by atoms with van der Waals surface area (Å²) in [5, 5.41) is 0.945. The minimum absolute atomic E-state index is 0.362. The number of hydrogen-bond acceptors (Lipinski definition) is 6. The van der Waals surface area contributed by atoms with Crippen molar-refractivity contribution in [3.63, 3.8) is 0 Å². The van der Waals surface area contributed by atoms with Crippen molar-refractivity contribution in [3.8, 4) is 28.8 Å². The largest absolute Gasteiger partial charge is 0.497 e. The molecule has 4 rings (SSSR count). The van der Waals surface area contributed by atoms with Crippen LogP contribution >= 0.6 is 0 Å². The maximum atomic E-state index is 6.13. The quantitative estimate of drug-likeness (QED) is 0.502. The molecule has 0 atom stereocenters. The molecule has 140 valence electrons. The lowest BCUT2D eigenvalue weighted by molar-refractivity contribution is 0.287. The van der Waals surface area contributed by atoms with Crippen LogP contribution in [0.15, 0.2) is 67.0 Å². The number of fused-ring (bicyclic) bond motifs is 1. The van der Waals surface area contributed by atoms with Gasteiger partial charge in [-0.25, -0.2) is 15.0 Å². The van der Waals surface area contributed by atoms with Crippen molar-refractivity contribution >= 4 is 10.9 Å². The van der Waals surface area contributed by atoms with E-state index in [0.29, 0.717) is 35.1 Å². The number of rotatable bonds is 6. The van der Waals surface area contributed by atoms with Gasteiger partial charge in [-0.3, -0.25) is 0 Å². The van der Waals surface area contributed by atoms with Crippen LogP contribution in [0, 0.1) is 0 Å². The molecule has 0 unspecified atom stereocenters. The van der Waals surface area contributed by atoms with Crippen LogP contribution in [-0.2, 0) is 6.61 Å².